The van der Waals surface area contributed by atoms with Crippen molar-refractivity contribution in [2.45, 2.75) is 37.8 Å². The first kappa shape index (κ1) is 13.8. The minimum atomic E-state index is -0.766. The van der Waals surface area contributed by atoms with Crippen molar-refractivity contribution >= 4 is 11.9 Å². The molecule has 2 bridgehead atoms. The molecule has 112 valence electrons. The summed E-state index contributed by atoms with van der Waals surface area (Å²) in [6.45, 7) is 2.14. The Balaban J connectivity index is 1.56. The average molecular weight is 282 g/mol. The summed E-state index contributed by atoms with van der Waals surface area (Å²) < 4.78 is 5.51. The molecule has 2 saturated carbocycles. The molecule has 0 radical (unpaired) electrons. The molecule has 5 atom stereocenters. The van der Waals surface area contributed by atoms with Crippen LogP contribution in [-0.2, 0) is 14.3 Å². The molecule has 6 nitrogen and oxygen atoms in total. The van der Waals surface area contributed by atoms with Crippen LogP contribution in [0.15, 0.2) is 0 Å². The molecule has 0 aromatic rings. The molecule has 6 heteroatoms. The number of amides is 1. The lowest BCUT2D eigenvalue weighted by molar-refractivity contribution is -0.144. The molecule has 20 heavy (non-hydrogen) atoms. The summed E-state index contributed by atoms with van der Waals surface area (Å²) in [6.07, 6.45) is 3.20. The second-order valence-electron chi connectivity index (χ2n) is 6.19. The fourth-order valence-electron chi connectivity index (χ4n) is 4.06. The lowest BCUT2D eigenvalue weighted by atomic mass is 9.84. The first-order chi connectivity index (χ1) is 9.65. The van der Waals surface area contributed by atoms with E-state index in [0.717, 1.165) is 25.8 Å². The Bertz CT molecular complexity index is 395. The van der Waals surface area contributed by atoms with Crippen molar-refractivity contribution < 1.29 is 19.4 Å². The Morgan fingerprint density at radius 2 is 2.10 bits per heavy atom. The number of rotatable bonds is 4. The maximum atomic E-state index is 12.1. The maximum Gasteiger partial charge on any atom is 0.308 e. The van der Waals surface area contributed by atoms with Gasteiger partial charge < -0.3 is 20.5 Å². The zero-order valence-electron chi connectivity index (χ0n) is 11.5. The molecule has 0 aromatic heterocycles. The first-order valence-corrected chi connectivity index (χ1v) is 7.49. The largest absolute Gasteiger partial charge is 0.481 e. The van der Waals surface area contributed by atoms with Gasteiger partial charge in [-0.2, -0.15) is 0 Å². The van der Waals surface area contributed by atoms with Crippen LogP contribution in [0.3, 0.4) is 0 Å². The van der Waals surface area contributed by atoms with Gasteiger partial charge >= 0.3 is 5.97 Å². The van der Waals surface area contributed by atoms with Gasteiger partial charge in [0.2, 0.25) is 5.91 Å². The highest BCUT2D eigenvalue weighted by Gasteiger charge is 2.51. The van der Waals surface area contributed by atoms with Gasteiger partial charge in [0, 0.05) is 19.1 Å². The van der Waals surface area contributed by atoms with Crippen LogP contribution in [0.5, 0.6) is 0 Å². The molecule has 5 unspecified atom stereocenters. The van der Waals surface area contributed by atoms with E-state index in [-0.39, 0.29) is 24.0 Å². The molecule has 3 aliphatic rings. The SMILES string of the molecule is O=C(CC1CNCCO1)NC1C2CCC(C2)C1C(=O)O. The van der Waals surface area contributed by atoms with Crippen molar-refractivity contribution in [3.8, 4) is 0 Å². The molecular formula is C14H22N2O4. The van der Waals surface area contributed by atoms with Crippen LogP contribution in [0.2, 0.25) is 0 Å². The van der Waals surface area contributed by atoms with Crippen molar-refractivity contribution in [1.29, 1.82) is 0 Å². The highest BCUT2D eigenvalue weighted by Crippen LogP contribution is 2.48. The normalized spacial score (nSPS) is 39.7. The number of morpholine rings is 1. The number of aliphatic carboxylic acids is 1. The molecular weight excluding hydrogens is 260 g/mol. The van der Waals surface area contributed by atoms with Gasteiger partial charge in [-0.25, -0.2) is 0 Å². The van der Waals surface area contributed by atoms with E-state index in [1.165, 1.54) is 0 Å². The Kier molecular flexibility index (Phi) is 3.94. The van der Waals surface area contributed by atoms with Crippen LogP contribution >= 0.6 is 0 Å². The topological polar surface area (TPSA) is 87.7 Å². The Hall–Kier alpha value is -1.14. The van der Waals surface area contributed by atoms with Gasteiger partial charge in [-0.05, 0) is 31.1 Å². The van der Waals surface area contributed by atoms with E-state index in [2.05, 4.69) is 10.6 Å². The van der Waals surface area contributed by atoms with Crippen LogP contribution in [-0.4, -0.2) is 48.8 Å². The number of carboxylic acid groups (broad SMARTS) is 1. The molecule has 0 aromatic carbocycles. The molecule has 0 spiro atoms. The minimum Gasteiger partial charge on any atom is -0.481 e. The van der Waals surface area contributed by atoms with Crippen molar-refractivity contribution in [3.05, 3.63) is 0 Å². The van der Waals surface area contributed by atoms with Gasteiger partial charge in [0.15, 0.2) is 0 Å². The smallest absolute Gasteiger partial charge is 0.308 e. The van der Waals surface area contributed by atoms with Gasteiger partial charge in [-0.15, -0.1) is 0 Å². The Morgan fingerprint density at radius 1 is 1.30 bits per heavy atom. The minimum absolute atomic E-state index is 0.0810. The molecule has 3 N–H and O–H groups in total. The molecule has 1 aliphatic heterocycles. The van der Waals surface area contributed by atoms with Gasteiger partial charge in [0.25, 0.3) is 0 Å². The third-order valence-electron chi connectivity index (χ3n) is 4.95. The van der Waals surface area contributed by atoms with Gasteiger partial charge in [-0.1, -0.05) is 0 Å². The highest BCUT2D eigenvalue weighted by molar-refractivity contribution is 5.79. The van der Waals surface area contributed by atoms with Crippen molar-refractivity contribution in [2.75, 3.05) is 19.7 Å². The fraction of sp³-hybridized carbons (Fsp3) is 0.857. The van der Waals surface area contributed by atoms with E-state index in [1.54, 1.807) is 0 Å². The van der Waals surface area contributed by atoms with Gasteiger partial charge in [0.05, 0.1) is 25.0 Å². The van der Waals surface area contributed by atoms with Crippen LogP contribution in [0.1, 0.15) is 25.7 Å². The molecule has 3 fully saturated rings. The second kappa shape index (κ2) is 5.69. The zero-order valence-corrected chi connectivity index (χ0v) is 11.5. The predicted molar refractivity (Wildman–Crippen MR) is 71.1 cm³/mol. The predicted octanol–water partition coefficient (Wildman–Crippen LogP) is -0.0196. The van der Waals surface area contributed by atoms with Crippen LogP contribution < -0.4 is 10.6 Å². The summed E-state index contributed by atoms with van der Waals surface area (Å²) in [4.78, 5) is 23.5. The standard InChI is InChI=1S/C14H22N2O4/c17-11(6-10-7-15-3-4-20-10)16-13-9-2-1-8(5-9)12(13)14(18)19/h8-10,12-13,15H,1-7H2,(H,16,17)(H,18,19). The lowest BCUT2D eigenvalue weighted by Crippen LogP contribution is -2.48. The Morgan fingerprint density at radius 3 is 2.80 bits per heavy atom. The van der Waals surface area contributed by atoms with E-state index < -0.39 is 11.9 Å². The molecule has 1 amide bonds. The van der Waals surface area contributed by atoms with Gasteiger partial charge in [-0.3, -0.25) is 9.59 Å². The van der Waals surface area contributed by atoms with Crippen molar-refractivity contribution in [1.82, 2.24) is 10.6 Å². The summed E-state index contributed by atoms with van der Waals surface area (Å²) in [5, 5.41) is 15.5. The van der Waals surface area contributed by atoms with E-state index in [1.807, 2.05) is 0 Å². The number of nitrogens with one attached hydrogen (secondary N) is 2. The van der Waals surface area contributed by atoms with E-state index >= 15 is 0 Å². The van der Waals surface area contributed by atoms with Crippen molar-refractivity contribution in [3.63, 3.8) is 0 Å². The molecule has 1 heterocycles. The average Bonchev–Trinajstić information content (AvgIpc) is 3.00. The molecule has 2 aliphatic carbocycles. The van der Waals surface area contributed by atoms with Gasteiger partial charge in [0.1, 0.15) is 0 Å². The number of carbonyl (C=O) groups excluding carboxylic acids is 1. The zero-order chi connectivity index (χ0) is 14.1. The summed E-state index contributed by atoms with van der Waals surface area (Å²) in [5.74, 6) is -0.658. The number of fused-ring (bicyclic) bond motifs is 2. The highest BCUT2D eigenvalue weighted by atomic mass is 16.5. The molecule has 1 saturated heterocycles. The van der Waals surface area contributed by atoms with Crippen LogP contribution in [0.25, 0.3) is 0 Å². The number of carbonyl (C=O) groups is 2. The summed E-state index contributed by atoms with van der Waals surface area (Å²) in [5.41, 5.74) is 0. The summed E-state index contributed by atoms with van der Waals surface area (Å²) >= 11 is 0. The van der Waals surface area contributed by atoms with Crippen LogP contribution in [0, 0.1) is 17.8 Å². The summed E-state index contributed by atoms with van der Waals surface area (Å²) in [7, 11) is 0. The van der Waals surface area contributed by atoms with E-state index in [0.29, 0.717) is 25.5 Å². The van der Waals surface area contributed by atoms with E-state index in [4.69, 9.17) is 4.74 Å². The lowest BCUT2D eigenvalue weighted by Gasteiger charge is -2.30. The van der Waals surface area contributed by atoms with Crippen LogP contribution in [0.4, 0.5) is 0 Å². The number of carboxylic acids is 1. The number of hydrogen-bond donors (Lipinski definition) is 3. The maximum absolute atomic E-state index is 12.1. The number of hydrogen-bond acceptors (Lipinski definition) is 4. The third-order valence-corrected chi connectivity index (χ3v) is 4.95. The van der Waals surface area contributed by atoms with E-state index in [9.17, 15) is 14.7 Å². The summed E-state index contributed by atoms with van der Waals surface area (Å²) in [6, 6.07) is -0.185. The fourth-order valence-corrected chi connectivity index (χ4v) is 4.06. The Labute approximate surface area is 118 Å². The second-order valence-corrected chi connectivity index (χ2v) is 6.19. The molecule has 3 rings (SSSR count). The first-order valence-electron chi connectivity index (χ1n) is 7.49. The third kappa shape index (κ3) is 2.67. The quantitative estimate of drug-likeness (QED) is 0.674. The van der Waals surface area contributed by atoms with Crippen molar-refractivity contribution in [2.24, 2.45) is 17.8 Å². The monoisotopic (exact) mass is 282 g/mol. The number of ether oxygens (including phenoxy) is 1.